The van der Waals surface area contributed by atoms with Crippen LogP contribution in [0.25, 0.3) is 5.65 Å². The van der Waals surface area contributed by atoms with E-state index in [2.05, 4.69) is 15.2 Å². The lowest BCUT2D eigenvalue weighted by Gasteiger charge is -2.01. The number of rotatable bonds is 6. The van der Waals surface area contributed by atoms with Crippen molar-refractivity contribution in [3.63, 3.8) is 0 Å². The number of aromatic nitrogens is 2. The van der Waals surface area contributed by atoms with E-state index < -0.39 is 11.9 Å². The van der Waals surface area contributed by atoms with Crippen molar-refractivity contribution < 1.29 is 19.4 Å². The molecule has 0 atom stereocenters. The number of benzene rings is 1. The average Bonchev–Trinajstić information content (AvgIpc) is 2.97. The van der Waals surface area contributed by atoms with Crippen LogP contribution < -0.4 is 0 Å². The Morgan fingerprint density at radius 2 is 1.92 bits per heavy atom. The molecule has 1 N–H and O–H groups in total. The lowest BCUT2D eigenvalue weighted by atomic mass is 10.2. The molecule has 0 spiro atoms. The second-order valence-corrected chi connectivity index (χ2v) is 5.35. The molecule has 0 bridgehead atoms. The normalized spacial score (nSPS) is 11.1. The Hall–Kier alpha value is -3.55. The topological polar surface area (TPSA) is 106 Å². The molecule has 2 aromatic heterocycles. The lowest BCUT2D eigenvalue weighted by molar-refractivity contribution is -0.136. The third-order valence-corrected chi connectivity index (χ3v) is 3.53. The smallest absolute Gasteiger partial charge is 0.338 e. The number of aliphatic carboxylic acids is 1. The van der Waals surface area contributed by atoms with Crippen molar-refractivity contribution in [2.45, 2.75) is 13.3 Å². The second-order valence-electron chi connectivity index (χ2n) is 5.35. The summed E-state index contributed by atoms with van der Waals surface area (Å²) >= 11 is 0. The van der Waals surface area contributed by atoms with E-state index in [1.807, 2.05) is 6.07 Å². The Labute approximate surface area is 148 Å². The van der Waals surface area contributed by atoms with Crippen LogP contribution in [-0.4, -0.2) is 33.0 Å². The van der Waals surface area contributed by atoms with E-state index in [1.54, 1.807) is 53.9 Å². The van der Waals surface area contributed by atoms with Gasteiger partial charge in [-0.15, -0.1) is 10.2 Å². The zero-order valence-corrected chi connectivity index (χ0v) is 14.0. The summed E-state index contributed by atoms with van der Waals surface area (Å²) in [5.74, 6) is -1.04. The summed E-state index contributed by atoms with van der Waals surface area (Å²) < 4.78 is 6.60. The van der Waals surface area contributed by atoms with E-state index in [1.165, 1.54) is 0 Å². The van der Waals surface area contributed by atoms with Crippen LogP contribution in [0.4, 0.5) is 11.5 Å². The minimum absolute atomic E-state index is 0.252. The molecule has 0 radical (unpaired) electrons. The first-order valence-corrected chi connectivity index (χ1v) is 7.95. The standard InChI is InChI=1S/C18H16N4O4/c1-2-26-18(25)12-6-8-13(9-7-12)20-21-17-14(11-16(23)24)19-15-5-3-4-10-22(15)17/h3-10H,2,11H2,1H3,(H,23,24). The van der Waals surface area contributed by atoms with Gasteiger partial charge in [-0.3, -0.25) is 9.20 Å². The van der Waals surface area contributed by atoms with Crippen LogP contribution in [0.3, 0.4) is 0 Å². The maximum atomic E-state index is 11.7. The third kappa shape index (κ3) is 3.75. The van der Waals surface area contributed by atoms with Gasteiger partial charge in [-0.05, 0) is 43.3 Å². The van der Waals surface area contributed by atoms with Gasteiger partial charge in [-0.2, -0.15) is 0 Å². The molecule has 0 saturated heterocycles. The average molecular weight is 352 g/mol. The number of hydrogen-bond acceptors (Lipinski definition) is 6. The fourth-order valence-corrected chi connectivity index (χ4v) is 2.38. The molecule has 3 aromatic rings. The second kappa shape index (κ2) is 7.56. The van der Waals surface area contributed by atoms with E-state index in [9.17, 15) is 9.59 Å². The number of azo groups is 1. The summed E-state index contributed by atoms with van der Waals surface area (Å²) in [6, 6.07) is 11.8. The summed E-state index contributed by atoms with van der Waals surface area (Å²) in [5, 5.41) is 17.4. The maximum Gasteiger partial charge on any atom is 0.338 e. The summed E-state index contributed by atoms with van der Waals surface area (Å²) in [6.45, 7) is 2.05. The Morgan fingerprint density at radius 3 is 2.62 bits per heavy atom. The molecular weight excluding hydrogens is 336 g/mol. The molecule has 3 rings (SSSR count). The molecule has 26 heavy (non-hydrogen) atoms. The van der Waals surface area contributed by atoms with Crippen molar-refractivity contribution in [2.75, 3.05) is 6.61 Å². The van der Waals surface area contributed by atoms with Gasteiger partial charge in [0.05, 0.1) is 30.0 Å². The fraction of sp³-hybridized carbons (Fsp3) is 0.167. The summed E-state index contributed by atoms with van der Waals surface area (Å²) in [4.78, 5) is 27.0. The van der Waals surface area contributed by atoms with Crippen LogP contribution in [0, 0.1) is 0 Å². The number of carboxylic acid groups (broad SMARTS) is 1. The Balaban J connectivity index is 1.90. The van der Waals surface area contributed by atoms with Crippen LogP contribution in [-0.2, 0) is 16.0 Å². The summed E-state index contributed by atoms with van der Waals surface area (Å²) in [5.41, 5.74) is 1.86. The molecule has 8 nitrogen and oxygen atoms in total. The Morgan fingerprint density at radius 1 is 1.15 bits per heavy atom. The van der Waals surface area contributed by atoms with Crippen LogP contribution in [0.15, 0.2) is 58.9 Å². The minimum atomic E-state index is -0.997. The van der Waals surface area contributed by atoms with Crippen LogP contribution in [0.1, 0.15) is 23.0 Å². The molecule has 0 aliphatic rings. The molecular formula is C18H16N4O4. The molecule has 0 amide bonds. The molecule has 1 aromatic carbocycles. The van der Waals surface area contributed by atoms with E-state index >= 15 is 0 Å². The first kappa shape index (κ1) is 17.3. The number of carbonyl (C=O) groups is 2. The molecule has 0 saturated carbocycles. The van der Waals surface area contributed by atoms with Crippen molar-refractivity contribution in [2.24, 2.45) is 10.2 Å². The molecule has 8 heteroatoms. The SMILES string of the molecule is CCOC(=O)c1ccc(N=Nc2c(CC(=O)O)nc3ccccn23)cc1. The minimum Gasteiger partial charge on any atom is -0.481 e. The summed E-state index contributed by atoms with van der Waals surface area (Å²) in [6.07, 6.45) is 1.49. The zero-order chi connectivity index (χ0) is 18.5. The maximum absolute atomic E-state index is 11.7. The molecule has 0 aliphatic heterocycles. The van der Waals surface area contributed by atoms with Crippen LogP contribution in [0.5, 0.6) is 0 Å². The van der Waals surface area contributed by atoms with Crippen molar-refractivity contribution in [3.05, 3.63) is 59.9 Å². The van der Waals surface area contributed by atoms with E-state index in [4.69, 9.17) is 9.84 Å². The monoisotopic (exact) mass is 352 g/mol. The van der Waals surface area contributed by atoms with E-state index in [-0.39, 0.29) is 6.42 Å². The van der Waals surface area contributed by atoms with Crippen molar-refractivity contribution >= 4 is 29.1 Å². The predicted octanol–water partition coefficient (Wildman–Crippen LogP) is 3.55. The molecule has 0 fully saturated rings. The zero-order valence-electron chi connectivity index (χ0n) is 14.0. The predicted molar refractivity (Wildman–Crippen MR) is 93.1 cm³/mol. The number of esters is 1. The highest BCUT2D eigenvalue weighted by molar-refractivity contribution is 5.89. The number of imidazole rings is 1. The highest BCUT2D eigenvalue weighted by atomic mass is 16.5. The Bertz CT molecular complexity index is 977. The van der Waals surface area contributed by atoms with Crippen LogP contribution in [0.2, 0.25) is 0 Å². The number of nitrogens with zero attached hydrogens (tertiary/aromatic N) is 4. The summed E-state index contributed by atoms with van der Waals surface area (Å²) in [7, 11) is 0. The number of fused-ring (bicyclic) bond motifs is 1. The van der Waals surface area contributed by atoms with E-state index in [0.717, 1.165) is 0 Å². The van der Waals surface area contributed by atoms with Gasteiger partial charge in [0.2, 0.25) is 0 Å². The highest BCUT2D eigenvalue weighted by Gasteiger charge is 2.14. The third-order valence-electron chi connectivity index (χ3n) is 3.53. The molecule has 0 aliphatic carbocycles. The van der Waals surface area contributed by atoms with Gasteiger partial charge in [0.25, 0.3) is 0 Å². The van der Waals surface area contributed by atoms with Gasteiger partial charge in [-0.25, -0.2) is 9.78 Å². The number of ether oxygens (including phenoxy) is 1. The lowest BCUT2D eigenvalue weighted by Crippen LogP contribution is -2.03. The van der Waals surface area contributed by atoms with Crippen LogP contribution >= 0.6 is 0 Å². The van der Waals surface area contributed by atoms with Crippen molar-refractivity contribution in [3.8, 4) is 0 Å². The van der Waals surface area contributed by atoms with Gasteiger partial charge >= 0.3 is 11.9 Å². The molecule has 0 unspecified atom stereocenters. The Kier molecular flexibility index (Phi) is 5.02. The largest absolute Gasteiger partial charge is 0.481 e. The van der Waals surface area contributed by atoms with Gasteiger partial charge in [0.1, 0.15) is 5.65 Å². The number of pyridine rings is 1. The quantitative estimate of drug-likeness (QED) is 0.539. The number of hydrogen-bond donors (Lipinski definition) is 1. The van der Waals surface area contributed by atoms with E-state index in [0.29, 0.717) is 35.0 Å². The molecule has 132 valence electrons. The number of carbonyl (C=O) groups excluding carboxylic acids is 1. The first-order chi connectivity index (χ1) is 12.6. The van der Waals surface area contributed by atoms with Gasteiger partial charge in [0, 0.05) is 6.20 Å². The molecule has 2 heterocycles. The van der Waals surface area contributed by atoms with Gasteiger partial charge < -0.3 is 9.84 Å². The van der Waals surface area contributed by atoms with Gasteiger partial charge in [-0.1, -0.05) is 6.07 Å². The van der Waals surface area contributed by atoms with Gasteiger partial charge in [0.15, 0.2) is 5.82 Å². The fourth-order valence-electron chi connectivity index (χ4n) is 2.38. The highest BCUT2D eigenvalue weighted by Crippen LogP contribution is 2.25. The van der Waals surface area contributed by atoms with Crippen molar-refractivity contribution in [1.29, 1.82) is 0 Å². The first-order valence-electron chi connectivity index (χ1n) is 7.95. The number of carboxylic acids is 1. The van der Waals surface area contributed by atoms with Crippen molar-refractivity contribution in [1.82, 2.24) is 9.38 Å².